The molecule has 4 nitrogen and oxygen atoms in total. The van der Waals surface area contributed by atoms with E-state index in [2.05, 4.69) is 5.32 Å². The van der Waals surface area contributed by atoms with Crippen molar-refractivity contribution in [2.24, 2.45) is 5.92 Å². The van der Waals surface area contributed by atoms with Gasteiger partial charge in [0.05, 0.1) is 5.92 Å². The van der Waals surface area contributed by atoms with Crippen LogP contribution in [0.1, 0.15) is 34.8 Å². The number of aryl methyl sites for hydroxylation is 2. The lowest BCUT2D eigenvalue weighted by Crippen LogP contribution is -2.33. The van der Waals surface area contributed by atoms with E-state index >= 15 is 0 Å². The fraction of sp³-hybridized carbons (Fsp3) is 0.429. The number of amides is 1. The van der Waals surface area contributed by atoms with Crippen LogP contribution in [0.25, 0.3) is 0 Å². The topological polar surface area (TPSA) is 66.4 Å². The van der Waals surface area contributed by atoms with Gasteiger partial charge in [-0.1, -0.05) is 24.6 Å². The maximum atomic E-state index is 11.9. The Balaban J connectivity index is 2.68. The molecular formula is C14H19NO3. The van der Waals surface area contributed by atoms with E-state index in [0.717, 1.165) is 11.1 Å². The lowest BCUT2D eigenvalue weighted by Gasteiger charge is -2.12. The monoisotopic (exact) mass is 249 g/mol. The fourth-order valence-corrected chi connectivity index (χ4v) is 1.79. The van der Waals surface area contributed by atoms with E-state index in [4.69, 9.17) is 5.11 Å². The molecule has 0 fully saturated rings. The molecule has 1 rings (SSSR count). The van der Waals surface area contributed by atoms with Crippen LogP contribution < -0.4 is 5.32 Å². The second-order valence-corrected chi connectivity index (χ2v) is 4.47. The Kier molecular flexibility index (Phi) is 4.89. The van der Waals surface area contributed by atoms with Crippen molar-refractivity contribution in [3.63, 3.8) is 0 Å². The highest BCUT2D eigenvalue weighted by atomic mass is 16.4. The summed E-state index contributed by atoms with van der Waals surface area (Å²) in [6.07, 6.45) is 0.502. The first kappa shape index (κ1) is 14.2. The Morgan fingerprint density at radius 2 is 2.00 bits per heavy atom. The number of hydrogen-bond acceptors (Lipinski definition) is 2. The van der Waals surface area contributed by atoms with Gasteiger partial charge in [0.1, 0.15) is 0 Å². The van der Waals surface area contributed by atoms with Crippen LogP contribution in [0.5, 0.6) is 0 Å². The number of rotatable bonds is 5. The highest BCUT2D eigenvalue weighted by Gasteiger charge is 2.17. The molecule has 1 aromatic rings. The Morgan fingerprint density at radius 3 is 2.50 bits per heavy atom. The number of benzene rings is 1. The molecule has 0 aromatic heterocycles. The molecule has 0 aliphatic rings. The number of hydrogen-bond donors (Lipinski definition) is 2. The van der Waals surface area contributed by atoms with Gasteiger partial charge >= 0.3 is 5.97 Å². The first-order chi connectivity index (χ1) is 8.45. The molecule has 0 radical (unpaired) electrons. The van der Waals surface area contributed by atoms with Gasteiger partial charge in [-0.05, 0) is 31.9 Å². The maximum Gasteiger partial charge on any atom is 0.308 e. The number of carboxylic acid groups (broad SMARTS) is 1. The second kappa shape index (κ2) is 6.19. The highest BCUT2D eigenvalue weighted by molar-refractivity contribution is 5.95. The van der Waals surface area contributed by atoms with Crippen molar-refractivity contribution in [2.45, 2.75) is 27.2 Å². The molecule has 2 N–H and O–H groups in total. The molecule has 0 heterocycles. The summed E-state index contributed by atoms with van der Waals surface area (Å²) in [6.45, 7) is 5.79. The molecule has 0 aliphatic carbocycles. The SMILES string of the molecule is CCC(CNC(=O)c1ccc(C)cc1C)C(=O)O. The van der Waals surface area contributed by atoms with E-state index in [1.165, 1.54) is 0 Å². The first-order valence-corrected chi connectivity index (χ1v) is 6.04. The van der Waals surface area contributed by atoms with E-state index in [1.54, 1.807) is 13.0 Å². The Bertz CT molecular complexity index is 454. The van der Waals surface area contributed by atoms with Gasteiger partial charge in [0.2, 0.25) is 0 Å². The van der Waals surface area contributed by atoms with Crippen LogP contribution in [0.15, 0.2) is 18.2 Å². The van der Waals surface area contributed by atoms with Crippen molar-refractivity contribution in [3.8, 4) is 0 Å². The molecule has 0 aliphatic heterocycles. The number of carboxylic acids is 1. The molecule has 18 heavy (non-hydrogen) atoms. The lowest BCUT2D eigenvalue weighted by atomic mass is 10.0. The average Bonchev–Trinajstić information content (AvgIpc) is 2.28. The normalized spacial score (nSPS) is 11.9. The van der Waals surface area contributed by atoms with E-state index < -0.39 is 11.9 Å². The number of carbonyl (C=O) groups excluding carboxylic acids is 1. The molecular weight excluding hydrogens is 230 g/mol. The third-order valence-electron chi connectivity index (χ3n) is 2.98. The molecule has 0 saturated carbocycles. The first-order valence-electron chi connectivity index (χ1n) is 6.04. The van der Waals surface area contributed by atoms with E-state index in [1.807, 2.05) is 26.0 Å². The van der Waals surface area contributed by atoms with Crippen LogP contribution in [-0.4, -0.2) is 23.5 Å². The second-order valence-electron chi connectivity index (χ2n) is 4.47. The third kappa shape index (κ3) is 3.58. The van der Waals surface area contributed by atoms with Crippen molar-refractivity contribution in [2.75, 3.05) is 6.54 Å². The van der Waals surface area contributed by atoms with Crippen molar-refractivity contribution < 1.29 is 14.7 Å². The van der Waals surface area contributed by atoms with Crippen LogP contribution in [0.2, 0.25) is 0 Å². The van der Waals surface area contributed by atoms with Crippen LogP contribution in [0, 0.1) is 19.8 Å². The van der Waals surface area contributed by atoms with Gasteiger partial charge < -0.3 is 10.4 Å². The van der Waals surface area contributed by atoms with E-state index in [-0.39, 0.29) is 12.5 Å². The van der Waals surface area contributed by atoms with Gasteiger partial charge in [-0.2, -0.15) is 0 Å². The Labute approximate surface area is 107 Å². The number of nitrogens with one attached hydrogen (secondary N) is 1. The van der Waals surface area contributed by atoms with Crippen LogP contribution >= 0.6 is 0 Å². The van der Waals surface area contributed by atoms with Gasteiger partial charge in [0.25, 0.3) is 5.91 Å². The Hall–Kier alpha value is -1.84. The molecule has 0 saturated heterocycles. The van der Waals surface area contributed by atoms with Gasteiger partial charge in [-0.25, -0.2) is 0 Å². The van der Waals surface area contributed by atoms with Crippen molar-refractivity contribution in [1.82, 2.24) is 5.32 Å². The van der Waals surface area contributed by atoms with Crippen LogP contribution in [0.4, 0.5) is 0 Å². The minimum atomic E-state index is -0.876. The van der Waals surface area contributed by atoms with Crippen molar-refractivity contribution in [1.29, 1.82) is 0 Å². The summed E-state index contributed by atoms with van der Waals surface area (Å²) >= 11 is 0. The number of aliphatic carboxylic acids is 1. The highest BCUT2D eigenvalue weighted by Crippen LogP contribution is 2.10. The summed E-state index contributed by atoms with van der Waals surface area (Å²) in [5, 5.41) is 11.6. The van der Waals surface area contributed by atoms with E-state index in [0.29, 0.717) is 12.0 Å². The summed E-state index contributed by atoms with van der Waals surface area (Å²) in [5.41, 5.74) is 2.60. The number of carbonyl (C=O) groups is 2. The summed E-state index contributed by atoms with van der Waals surface area (Å²) in [7, 11) is 0. The molecule has 0 spiro atoms. The fourth-order valence-electron chi connectivity index (χ4n) is 1.79. The van der Waals surface area contributed by atoms with Crippen molar-refractivity contribution >= 4 is 11.9 Å². The predicted octanol–water partition coefficient (Wildman–Crippen LogP) is 2.14. The molecule has 4 heteroatoms. The van der Waals surface area contributed by atoms with Gasteiger partial charge in [0, 0.05) is 12.1 Å². The molecule has 1 unspecified atom stereocenters. The quantitative estimate of drug-likeness (QED) is 0.840. The van der Waals surface area contributed by atoms with Crippen LogP contribution in [-0.2, 0) is 4.79 Å². The zero-order valence-electron chi connectivity index (χ0n) is 11.0. The summed E-state index contributed by atoms with van der Waals surface area (Å²) in [4.78, 5) is 22.8. The lowest BCUT2D eigenvalue weighted by molar-refractivity contribution is -0.141. The molecule has 1 aromatic carbocycles. The molecule has 1 atom stereocenters. The third-order valence-corrected chi connectivity index (χ3v) is 2.98. The zero-order valence-corrected chi connectivity index (χ0v) is 11.0. The predicted molar refractivity (Wildman–Crippen MR) is 69.7 cm³/mol. The molecule has 1 amide bonds. The van der Waals surface area contributed by atoms with Gasteiger partial charge in [-0.15, -0.1) is 0 Å². The minimum Gasteiger partial charge on any atom is -0.481 e. The molecule has 0 bridgehead atoms. The maximum absolute atomic E-state index is 11.9. The van der Waals surface area contributed by atoms with Gasteiger partial charge in [-0.3, -0.25) is 9.59 Å². The smallest absolute Gasteiger partial charge is 0.308 e. The summed E-state index contributed by atoms with van der Waals surface area (Å²) in [5.74, 6) is -1.62. The largest absolute Gasteiger partial charge is 0.481 e. The summed E-state index contributed by atoms with van der Waals surface area (Å²) in [6, 6.07) is 5.57. The average molecular weight is 249 g/mol. The zero-order chi connectivity index (χ0) is 13.7. The standard InChI is InChI=1S/C14H19NO3/c1-4-11(14(17)18)8-15-13(16)12-6-5-9(2)7-10(12)3/h5-7,11H,4,8H2,1-3H3,(H,15,16)(H,17,18). The molecule has 98 valence electrons. The van der Waals surface area contributed by atoms with E-state index in [9.17, 15) is 9.59 Å². The van der Waals surface area contributed by atoms with Crippen LogP contribution in [0.3, 0.4) is 0 Å². The Morgan fingerprint density at radius 1 is 1.33 bits per heavy atom. The van der Waals surface area contributed by atoms with Gasteiger partial charge in [0.15, 0.2) is 0 Å². The summed E-state index contributed by atoms with van der Waals surface area (Å²) < 4.78 is 0. The van der Waals surface area contributed by atoms with Crippen molar-refractivity contribution in [3.05, 3.63) is 34.9 Å². The minimum absolute atomic E-state index is 0.165.